The number of aliphatic hydroxyl groups excluding tert-OH is 1. The molecule has 0 unspecified atom stereocenters. The second kappa shape index (κ2) is 7.47. The van der Waals surface area contributed by atoms with E-state index in [9.17, 15) is 9.90 Å². The van der Waals surface area contributed by atoms with Crippen molar-refractivity contribution in [1.29, 1.82) is 0 Å². The van der Waals surface area contributed by atoms with Crippen LogP contribution in [0.1, 0.15) is 52.9 Å². The molecule has 5 nitrogen and oxygen atoms in total. The first kappa shape index (κ1) is 17.3. The molecule has 2 aliphatic rings. The SMILES string of the molecule is CC(C)(C)OC(=O)N1CC=C(CNC2CCC(O)CC2)CC1. The summed E-state index contributed by atoms with van der Waals surface area (Å²) >= 11 is 0. The molecular formula is C17H30N2O3. The third-order valence-electron chi connectivity index (χ3n) is 4.27. The van der Waals surface area contributed by atoms with Gasteiger partial charge in [-0.25, -0.2) is 4.79 Å². The molecule has 1 fully saturated rings. The standard InChI is InChI=1S/C17H30N2O3/c1-17(2,3)22-16(21)19-10-8-13(9-11-19)12-18-14-4-6-15(20)7-5-14/h8,14-15,18,20H,4-7,9-12H2,1-3H3. The summed E-state index contributed by atoms with van der Waals surface area (Å²) in [5.41, 5.74) is 0.930. The lowest BCUT2D eigenvalue weighted by Crippen LogP contribution is -2.41. The Balaban J connectivity index is 1.71. The average molecular weight is 310 g/mol. The van der Waals surface area contributed by atoms with E-state index in [1.165, 1.54) is 5.57 Å². The molecule has 0 atom stereocenters. The molecule has 2 rings (SSSR count). The van der Waals surface area contributed by atoms with Crippen LogP contribution in [-0.2, 0) is 4.74 Å². The van der Waals surface area contributed by atoms with Crippen LogP contribution in [0.2, 0.25) is 0 Å². The van der Waals surface area contributed by atoms with Crippen molar-refractivity contribution >= 4 is 6.09 Å². The van der Waals surface area contributed by atoms with Gasteiger partial charge in [-0.15, -0.1) is 0 Å². The molecule has 1 amide bonds. The van der Waals surface area contributed by atoms with Gasteiger partial charge in [0, 0.05) is 25.7 Å². The van der Waals surface area contributed by atoms with Gasteiger partial charge in [-0.05, 0) is 52.9 Å². The lowest BCUT2D eigenvalue weighted by atomic mass is 9.93. The van der Waals surface area contributed by atoms with E-state index in [4.69, 9.17) is 4.74 Å². The lowest BCUT2D eigenvalue weighted by Gasteiger charge is -2.31. The number of ether oxygens (including phenoxy) is 1. The lowest BCUT2D eigenvalue weighted by molar-refractivity contribution is 0.0265. The highest BCUT2D eigenvalue weighted by molar-refractivity contribution is 5.68. The van der Waals surface area contributed by atoms with Gasteiger partial charge in [0.15, 0.2) is 0 Å². The topological polar surface area (TPSA) is 61.8 Å². The highest BCUT2D eigenvalue weighted by Crippen LogP contribution is 2.19. The molecule has 1 aliphatic carbocycles. The third kappa shape index (κ3) is 5.61. The normalized spacial score (nSPS) is 26.5. The number of amides is 1. The van der Waals surface area contributed by atoms with Gasteiger partial charge >= 0.3 is 6.09 Å². The summed E-state index contributed by atoms with van der Waals surface area (Å²) in [6.45, 7) is 7.92. The zero-order valence-corrected chi connectivity index (χ0v) is 14.1. The Morgan fingerprint density at radius 3 is 2.59 bits per heavy atom. The number of nitrogens with zero attached hydrogens (tertiary/aromatic N) is 1. The van der Waals surface area contributed by atoms with Gasteiger partial charge in [-0.2, -0.15) is 0 Å². The Morgan fingerprint density at radius 1 is 1.36 bits per heavy atom. The quantitative estimate of drug-likeness (QED) is 0.786. The fourth-order valence-corrected chi connectivity index (χ4v) is 2.92. The van der Waals surface area contributed by atoms with Crippen molar-refractivity contribution in [3.63, 3.8) is 0 Å². The summed E-state index contributed by atoms with van der Waals surface area (Å²) in [6.07, 6.45) is 6.63. The fourth-order valence-electron chi connectivity index (χ4n) is 2.92. The number of hydrogen-bond donors (Lipinski definition) is 2. The molecular weight excluding hydrogens is 280 g/mol. The van der Waals surface area contributed by atoms with Crippen molar-refractivity contribution < 1.29 is 14.6 Å². The number of aliphatic hydroxyl groups is 1. The van der Waals surface area contributed by atoms with E-state index in [-0.39, 0.29) is 12.2 Å². The molecule has 126 valence electrons. The zero-order chi connectivity index (χ0) is 16.2. The molecule has 22 heavy (non-hydrogen) atoms. The summed E-state index contributed by atoms with van der Waals surface area (Å²) in [5, 5.41) is 13.1. The van der Waals surface area contributed by atoms with Crippen LogP contribution in [0.3, 0.4) is 0 Å². The molecule has 0 aromatic heterocycles. The minimum atomic E-state index is -0.436. The molecule has 1 saturated carbocycles. The third-order valence-corrected chi connectivity index (χ3v) is 4.27. The monoisotopic (exact) mass is 310 g/mol. The molecule has 5 heteroatoms. The van der Waals surface area contributed by atoms with Gasteiger partial charge in [0.05, 0.1) is 6.10 Å². The largest absolute Gasteiger partial charge is 0.444 e. The minimum absolute atomic E-state index is 0.102. The van der Waals surface area contributed by atoms with E-state index in [1.807, 2.05) is 20.8 Å². The van der Waals surface area contributed by atoms with Crippen LogP contribution in [0.5, 0.6) is 0 Å². The summed E-state index contributed by atoms with van der Waals surface area (Å²) in [7, 11) is 0. The van der Waals surface area contributed by atoms with Crippen LogP contribution < -0.4 is 5.32 Å². The van der Waals surface area contributed by atoms with Crippen molar-refractivity contribution in [2.75, 3.05) is 19.6 Å². The Bertz CT molecular complexity index is 407. The highest BCUT2D eigenvalue weighted by Gasteiger charge is 2.24. The van der Waals surface area contributed by atoms with Crippen molar-refractivity contribution in [3.05, 3.63) is 11.6 Å². The Labute approximate surface area is 133 Å². The number of nitrogens with one attached hydrogen (secondary N) is 1. The van der Waals surface area contributed by atoms with Crippen LogP contribution in [0.4, 0.5) is 4.79 Å². The van der Waals surface area contributed by atoms with Crippen LogP contribution in [-0.4, -0.2) is 53.5 Å². The Hall–Kier alpha value is -1.07. The molecule has 0 aromatic rings. The molecule has 1 aliphatic heterocycles. The summed E-state index contributed by atoms with van der Waals surface area (Å²) in [6, 6.07) is 0.521. The van der Waals surface area contributed by atoms with E-state index >= 15 is 0 Å². The van der Waals surface area contributed by atoms with Crippen molar-refractivity contribution in [3.8, 4) is 0 Å². The number of rotatable bonds is 3. The first-order chi connectivity index (χ1) is 10.3. The maximum atomic E-state index is 12.0. The molecule has 2 N–H and O–H groups in total. The fraction of sp³-hybridized carbons (Fsp3) is 0.824. The first-order valence-electron chi connectivity index (χ1n) is 8.41. The van der Waals surface area contributed by atoms with E-state index in [0.29, 0.717) is 12.6 Å². The van der Waals surface area contributed by atoms with Crippen LogP contribution in [0, 0.1) is 0 Å². The van der Waals surface area contributed by atoms with Gasteiger partial charge in [0.1, 0.15) is 5.60 Å². The van der Waals surface area contributed by atoms with Gasteiger partial charge in [-0.1, -0.05) is 11.6 Å². The number of hydrogen-bond acceptors (Lipinski definition) is 4. The average Bonchev–Trinajstić information content (AvgIpc) is 2.45. The minimum Gasteiger partial charge on any atom is -0.444 e. The van der Waals surface area contributed by atoms with E-state index < -0.39 is 5.60 Å². The highest BCUT2D eigenvalue weighted by atomic mass is 16.6. The Morgan fingerprint density at radius 2 is 2.05 bits per heavy atom. The summed E-state index contributed by atoms with van der Waals surface area (Å²) < 4.78 is 5.40. The van der Waals surface area contributed by atoms with E-state index in [1.54, 1.807) is 4.90 Å². The van der Waals surface area contributed by atoms with Crippen molar-refractivity contribution in [2.45, 2.75) is 70.6 Å². The number of carbonyl (C=O) groups is 1. The van der Waals surface area contributed by atoms with E-state index in [0.717, 1.165) is 45.2 Å². The van der Waals surface area contributed by atoms with Gasteiger partial charge in [-0.3, -0.25) is 0 Å². The molecule has 0 aromatic carbocycles. The van der Waals surface area contributed by atoms with Gasteiger partial charge in [0.2, 0.25) is 0 Å². The van der Waals surface area contributed by atoms with Gasteiger partial charge in [0.25, 0.3) is 0 Å². The Kier molecular flexibility index (Phi) is 5.87. The maximum absolute atomic E-state index is 12.0. The first-order valence-corrected chi connectivity index (χ1v) is 8.41. The zero-order valence-electron chi connectivity index (χ0n) is 14.1. The molecule has 0 saturated heterocycles. The molecule has 0 radical (unpaired) electrons. The molecule has 0 bridgehead atoms. The van der Waals surface area contributed by atoms with Crippen LogP contribution in [0.25, 0.3) is 0 Å². The summed E-state index contributed by atoms with van der Waals surface area (Å²) in [5.74, 6) is 0. The molecule has 1 heterocycles. The smallest absolute Gasteiger partial charge is 0.410 e. The number of carbonyl (C=O) groups excluding carboxylic acids is 1. The summed E-state index contributed by atoms with van der Waals surface area (Å²) in [4.78, 5) is 13.7. The van der Waals surface area contributed by atoms with Crippen molar-refractivity contribution in [2.24, 2.45) is 0 Å². The van der Waals surface area contributed by atoms with Crippen LogP contribution in [0.15, 0.2) is 11.6 Å². The predicted molar refractivity (Wildman–Crippen MR) is 86.8 cm³/mol. The van der Waals surface area contributed by atoms with Crippen molar-refractivity contribution in [1.82, 2.24) is 10.2 Å². The van der Waals surface area contributed by atoms with Crippen LogP contribution >= 0.6 is 0 Å². The maximum Gasteiger partial charge on any atom is 0.410 e. The predicted octanol–water partition coefficient (Wildman–Crippen LogP) is 2.45. The van der Waals surface area contributed by atoms with Gasteiger partial charge < -0.3 is 20.1 Å². The van der Waals surface area contributed by atoms with E-state index in [2.05, 4.69) is 11.4 Å². The second-order valence-electron chi connectivity index (χ2n) is 7.43. The molecule has 0 spiro atoms. The second-order valence-corrected chi connectivity index (χ2v) is 7.43.